The molecule has 0 radical (unpaired) electrons. The van der Waals surface area contributed by atoms with Crippen molar-refractivity contribution in [1.29, 1.82) is 0 Å². The Morgan fingerprint density at radius 3 is 2.52 bits per heavy atom. The highest BCUT2D eigenvalue weighted by molar-refractivity contribution is 5.41. The van der Waals surface area contributed by atoms with Gasteiger partial charge in [-0.1, -0.05) is 35.9 Å². The van der Waals surface area contributed by atoms with Crippen LogP contribution in [0, 0.1) is 6.92 Å². The zero-order chi connectivity index (χ0) is 15.2. The molecule has 0 saturated carbocycles. The van der Waals surface area contributed by atoms with Crippen molar-refractivity contribution in [2.24, 2.45) is 0 Å². The van der Waals surface area contributed by atoms with Crippen LogP contribution >= 0.6 is 0 Å². The molecule has 0 aliphatic heterocycles. The molecule has 0 aliphatic rings. The van der Waals surface area contributed by atoms with Gasteiger partial charge in [0.1, 0.15) is 0 Å². The number of rotatable bonds is 6. The summed E-state index contributed by atoms with van der Waals surface area (Å²) >= 11 is 0. The first kappa shape index (κ1) is 15.4. The van der Waals surface area contributed by atoms with E-state index in [4.69, 9.17) is 4.74 Å². The van der Waals surface area contributed by atoms with Crippen LogP contribution in [0.1, 0.15) is 36.6 Å². The fourth-order valence-corrected chi connectivity index (χ4v) is 2.18. The van der Waals surface area contributed by atoms with Gasteiger partial charge < -0.3 is 15.2 Å². The summed E-state index contributed by atoms with van der Waals surface area (Å²) in [5.41, 5.74) is 3.63. The molecule has 0 unspecified atom stereocenters. The lowest BCUT2D eigenvalue weighted by molar-refractivity contribution is 0.317. The minimum Gasteiger partial charge on any atom is -0.504 e. The van der Waals surface area contributed by atoms with Gasteiger partial charge in [-0.2, -0.15) is 0 Å². The molecule has 0 spiro atoms. The fourth-order valence-electron chi connectivity index (χ4n) is 2.18. The maximum absolute atomic E-state index is 9.70. The Balaban J connectivity index is 1.99. The molecule has 2 N–H and O–H groups in total. The van der Waals surface area contributed by atoms with Crippen molar-refractivity contribution < 1.29 is 9.84 Å². The van der Waals surface area contributed by atoms with Crippen LogP contribution in [-0.4, -0.2) is 11.7 Å². The smallest absolute Gasteiger partial charge is 0.161 e. The zero-order valence-electron chi connectivity index (χ0n) is 12.9. The van der Waals surface area contributed by atoms with Crippen molar-refractivity contribution in [2.45, 2.75) is 33.4 Å². The largest absolute Gasteiger partial charge is 0.504 e. The Morgan fingerprint density at radius 2 is 1.86 bits per heavy atom. The van der Waals surface area contributed by atoms with Crippen LogP contribution in [0.5, 0.6) is 11.5 Å². The van der Waals surface area contributed by atoms with Crippen LogP contribution in [0.4, 0.5) is 0 Å². The van der Waals surface area contributed by atoms with Crippen LogP contribution in [0.25, 0.3) is 0 Å². The van der Waals surface area contributed by atoms with Gasteiger partial charge in [0.2, 0.25) is 0 Å². The molecule has 0 amide bonds. The standard InChI is InChI=1S/C18H23NO2/c1-4-21-18-11-15(7-10-17(18)20)12-19-14(3)16-8-5-13(2)6-9-16/h5-11,14,19-20H,4,12H2,1-3H3/t14-/m0/s1. The Labute approximate surface area is 126 Å². The number of hydrogen-bond acceptors (Lipinski definition) is 3. The van der Waals surface area contributed by atoms with E-state index in [1.54, 1.807) is 6.07 Å². The summed E-state index contributed by atoms with van der Waals surface area (Å²) in [5, 5.41) is 13.2. The summed E-state index contributed by atoms with van der Waals surface area (Å²) in [6.45, 7) is 7.42. The highest BCUT2D eigenvalue weighted by atomic mass is 16.5. The van der Waals surface area contributed by atoms with Crippen LogP contribution < -0.4 is 10.1 Å². The van der Waals surface area contributed by atoms with Crippen molar-refractivity contribution >= 4 is 0 Å². The van der Waals surface area contributed by atoms with Gasteiger partial charge in [-0.25, -0.2) is 0 Å². The second-order valence-electron chi connectivity index (χ2n) is 5.25. The Kier molecular flexibility index (Phi) is 5.23. The topological polar surface area (TPSA) is 41.5 Å². The summed E-state index contributed by atoms with van der Waals surface area (Å²) in [5.74, 6) is 0.729. The molecule has 3 nitrogen and oxygen atoms in total. The molecule has 112 valence electrons. The summed E-state index contributed by atoms with van der Waals surface area (Å²) in [6.07, 6.45) is 0. The highest BCUT2D eigenvalue weighted by Gasteiger charge is 2.07. The van der Waals surface area contributed by atoms with E-state index in [1.165, 1.54) is 11.1 Å². The van der Waals surface area contributed by atoms with E-state index in [0.717, 1.165) is 12.1 Å². The average molecular weight is 285 g/mol. The number of benzene rings is 2. The minimum atomic E-state index is 0.187. The zero-order valence-corrected chi connectivity index (χ0v) is 12.9. The third kappa shape index (κ3) is 4.23. The highest BCUT2D eigenvalue weighted by Crippen LogP contribution is 2.27. The quantitative estimate of drug-likeness (QED) is 0.844. The third-order valence-electron chi connectivity index (χ3n) is 3.51. The van der Waals surface area contributed by atoms with E-state index >= 15 is 0 Å². The third-order valence-corrected chi connectivity index (χ3v) is 3.51. The number of hydrogen-bond donors (Lipinski definition) is 2. The van der Waals surface area contributed by atoms with E-state index in [-0.39, 0.29) is 11.8 Å². The molecule has 3 heteroatoms. The van der Waals surface area contributed by atoms with Crippen molar-refractivity contribution in [3.63, 3.8) is 0 Å². The number of aryl methyl sites for hydroxylation is 1. The lowest BCUT2D eigenvalue weighted by Crippen LogP contribution is -2.18. The monoisotopic (exact) mass is 285 g/mol. The van der Waals surface area contributed by atoms with Crippen molar-refractivity contribution in [1.82, 2.24) is 5.32 Å². The van der Waals surface area contributed by atoms with E-state index in [1.807, 2.05) is 19.1 Å². The van der Waals surface area contributed by atoms with Crippen LogP contribution in [0.3, 0.4) is 0 Å². The Hall–Kier alpha value is -2.00. The number of ether oxygens (including phenoxy) is 1. The molecule has 0 fully saturated rings. The van der Waals surface area contributed by atoms with Gasteiger partial charge >= 0.3 is 0 Å². The predicted molar refractivity (Wildman–Crippen MR) is 85.7 cm³/mol. The van der Waals surface area contributed by atoms with E-state index in [9.17, 15) is 5.11 Å². The van der Waals surface area contributed by atoms with Gasteiger partial charge in [0.15, 0.2) is 11.5 Å². The number of phenolic OH excluding ortho intramolecular Hbond substituents is 1. The van der Waals surface area contributed by atoms with Crippen molar-refractivity contribution in [2.75, 3.05) is 6.61 Å². The molecule has 21 heavy (non-hydrogen) atoms. The van der Waals surface area contributed by atoms with Crippen LogP contribution in [-0.2, 0) is 6.54 Å². The number of phenols is 1. The minimum absolute atomic E-state index is 0.187. The molecule has 0 aromatic heterocycles. The van der Waals surface area contributed by atoms with Gasteiger partial charge in [0.05, 0.1) is 6.61 Å². The van der Waals surface area contributed by atoms with E-state index in [0.29, 0.717) is 12.4 Å². The summed E-state index contributed by atoms with van der Waals surface area (Å²) in [4.78, 5) is 0. The van der Waals surface area contributed by atoms with Gasteiger partial charge in [-0.15, -0.1) is 0 Å². The first-order chi connectivity index (χ1) is 10.1. The van der Waals surface area contributed by atoms with E-state index in [2.05, 4.69) is 43.4 Å². The maximum Gasteiger partial charge on any atom is 0.161 e. The fraction of sp³-hybridized carbons (Fsp3) is 0.333. The van der Waals surface area contributed by atoms with E-state index < -0.39 is 0 Å². The van der Waals surface area contributed by atoms with Gasteiger partial charge in [-0.3, -0.25) is 0 Å². The average Bonchev–Trinajstić information content (AvgIpc) is 2.48. The van der Waals surface area contributed by atoms with Crippen molar-refractivity contribution in [3.05, 3.63) is 59.2 Å². The predicted octanol–water partition coefficient (Wildman–Crippen LogP) is 3.95. The summed E-state index contributed by atoms with van der Waals surface area (Å²) in [6, 6.07) is 14.3. The van der Waals surface area contributed by atoms with Crippen molar-refractivity contribution in [3.8, 4) is 11.5 Å². The summed E-state index contributed by atoms with van der Waals surface area (Å²) in [7, 11) is 0. The molecule has 2 aromatic carbocycles. The second kappa shape index (κ2) is 7.14. The van der Waals surface area contributed by atoms with Gasteiger partial charge in [0, 0.05) is 12.6 Å². The molecular formula is C18H23NO2. The maximum atomic E-state index is 9.70. The number of nitrogens with one attached hydrogen (secondary N) is 1. The van der Waals surface area contributed by atoms with Gasteiger partial charge in [-0.05, 0) is 44.0 Å². The summed E-state index contributed by atoms with van der Waals surface area (Å²) < 4.78 is 5.40. The molecule has 2 aromatic rings. The first-order valence-corrected chi connectivity index (χ1v) is 7.34. The molecule has 2 rings (SSSR count). The normalized spacial score (nSPS) is 12.1. The Morgan fingerprint density at radius 1 is 1.14 bits per heavy atom. The van der Waals surface area contributed by atoms with Crippen LogP contribution in [0.15, 0.2) is 42.5 Å². The molecule has 0 bridgehead atoms. The molecular weight excluding hydrogens is 262 g/mol. The lowest BCUT2D eigenvalue weighted by atomic mass is 10.1. The molecule has 1 atom stereocenters. The van der Waals surface area contributed by atoms with Gasteiger partial charge in [0.25, 0.3) is 0 Å². The second-order valence-corrected chi connectivity index (χ2v) is 5.25. The molecule has 0 heterocycles. The molecule has 0 saturated heterocycles. The Bertz CT molecular complexity index is 578. The van der Waals surface area contributed by atoms with Crippen LogP contribution in [0.2, 0.25) is 0 Å². The lowest BCUT2D eigenvalue weighted by Gasteiger charge is -2.15. The molecule has 0 aliphatic carbocycles. The number of aromatic hydroxyl groups is 1. The SMILES string of the molecule is CCOc1cc(CN[C@@H](C)c2ccc(C)cc2)ccc1O. The first-order valence-electron chi connectivity index (χ1n) is 7.34.